The molecule has 2 aromatic rings. The van der Waals surface area contributed by atoms with E-state index >= 15 is 0 Å². The van der Waals surface area contributed by atoms with Crippen LogP contribution in [-0.4, -0.2) is 6.03 Å². The Labute approximate surface area is 106 Å². The highest BCUT2D eigenvalue weighted by Gasteiger charge is 1.99. The smallest absolute Gasteiger partial charge is 0.329 e. The summed E-state index contributed by atoms with van der Waals surface area (Å²) in [5, 5.41) is 2.63. The van der Waals surface area contributed by atoms with E-state index in [1.165, 1.54) is 5.56 Å². The van der Waals surface area contributed by atoms with Gasteiger partial charge in [0.15, 0.2) is 0 Å². The van der Waals surface area contributed by atoms with Crippen LogP contribution in [0, 0.1) is 0 Å². The Balaban J connectivity index is 2.04. The lowest BCUT2D eigenvalue weighted by Gasteiger charge is -2.06. The highest BCUT2D eigenvalue weighted by atomic mass is 16.2. The maximum atomic E-state index is 10.9. The molecular weight excluding hydrogens is 226 g/mol. The summed E-state index contributed by atoms with van der Waals surface area (Å²) >= 11 is 0. The maximum absolute atomic E-state index is 10.9. The molecule has 4 heteroatoms. The number of rotatable bonds is 3. The van der Waals surface area contributed by atoms with Crippen molar-refractivity contribution in [1.29, 1.82) is 0 Å². The normalized spacial score (nSPS) is 9.83. The molecule has 0 heterocycles. The number of amides is 2. The summed E-state index contributed by atoms with van der Waals surface area (Å²) in [6.45, 7) is 0.456. The third-order valence-corrected chi connectivity index (χ3v) is 2.65. The van der Waals surface area contributed by atoms with Gasteiger partial charge in [0.1, 0.15) is 0 Å². The fourth-order valence-electron chi connectivity index (χ4n) is 1.68. The van der Waals surface area contributed by atoms with Crippen molar-refractivity contribution >= 4 is 6.03 Å². The van der Waals surface area contributed by atoms with E-state index in [0.717, 1.165) is 11.1 Å². The Morgan fingerprint density at radius 2 is 1.56 bits per heavy atom. The number of carbonyl (C=O) groups excluding carboxylic acids is 1. The second-order valence-corrected chi connectivity index (χ2v) is 3.89. The number of hydrogen-bond acceptors (Lipinski definition) is 2. The minimum Gasteiger partial charge on any atom is -0.333 e. The molecule has 2 amide bonds. The molecule has 0 saturated heterocycles. The Bertz CT molecular complexity index is 508. The van der Waals surface area contributed by atoms with Gasteiger partial charge >= 0.3 is 6.03 Å². The van der Waals surface area contributed by atoms with Crippen LogP contribution >= 0.6 is 0 Å². The molecule has 0 bridgehead atoms. The van der Waals surface area contributed by atoms with E-state index in [0.29, 0.717) is 6.54 Å². The van der Waals surface area contributed by atoms with Gasteiger partial charge in [0.2, 0.25) is 0 Å². The molecule has 0 aliphatic heterocycles. The summed E-state index contributed by atoms with van der Waals surface area (Å²) in [7, 11) is 0. The van der Waals surface area contributed by atoms with E-state index in [-0.39, 0.29) is 6.03 Å². The van der Waals surface area contributed by atoms with Crippen molar-refractivity contribution in [3.8, 4) is 11.1 Å². The zero-order valence-electron chi connectivity index (χ0n) is 9.89. The van der Waals surface area contributed by atoms with Crippen LogP contribution in [0.1, 0.15) is 5.56 Å². The summed E-state index contributed by atoms with van der Waals surface area (Å²) in [5.41, 5.74) is 5.38. The summed E-state index contributed by atoms with van der Waals surface area (Å²) in [5.74, 6) is 4.97. The monoisotopic (exact) mass is 241 g/mol. The number of carbonyl (C=O) groups is 1. The third-order valence-electron chi connectivity index (χ3n) is 2.65. The van der Waals surface area contributed by atoms with Crippen molar-refractivity contribution in [2.45, 2.75) is 6.54 Å². The largest absolute Gasteiger partial charge is 0.333 e. The fraction of sp³-hybridized carbons (Fsp3) is 0.0714. The van der Waals surface area contributed by atoms with Gasteiger partial charge in [-0.1, -0.05) is 54.6 Å². The van der Waals surface area contributed by atoms with Gasteiger partial charge in [-0.15, -0.1) is 0 Å². The van der Waals surface area contributed by atoms with Crippen LogP contribution in [0.5, 0.6) is 0 Å². The standard InChI is InChI=1S/C14H15N3O/c15-17-14(18)16-10-11-6-8-13(9-7-11)12-4-2-1-3-5-12/h1-9H,10,15H2,(H2,16,17,18). The van der Waals surface area contributed by atoms with Gasteiger partial charge in [0, 0.05) is 6.54 Å². The van der Waals surface area contributed by atoms with Gasteiger partial charge in [0.25, 0.3) is 0 Å². The lowest BCUT2D eigenvalue weighted by Crippen LogP contribution is -2.39. The number of nitrogens with two attached hydrogens (primary N) is 1. The van der Waals surface area contributed by atoms with Crippen molar-refractivity contribution in [3.05, 3.63) is 60.2 Å². The molecule has 0 saturated carbocycles. The van der Waals surface area contributed by atoms with Crippen molar-refractivity contribution in [3.63, 3.8) is 0 Å². The van der Waals surface area contributed by atoms with Crippen LogP contribution in [0.4, 0.5) is 4.79 Å². The zero-order chi connectivity index (χ0) is 12.8. The molecular formula is C14H15N3O. The van der Waals surface area contributed by atoms with E-state index in [9.17, 15) is 4.79 Å². The van der Waals surface area contributed by atoms with E-state index in [4.69, 9.17) is 5.84 Å². The van der Waals surface area contributed by atoms with Crippen molar-refractivity contribution in [2.24, 2.45) is 5.84 Å². The van der Waals surface area contributed by atoms with Crippen LogP contribution in [0.25, 0.3) is 11.1 Å². The van der Waals surface area contributed by atoms with Crippen molar-refractivity contribution < 1.29 is 4.79 Å². The minimum atomic E-state index is -0.387. The predicted molar refractivity (Wildman–Crippen MR) is 71.4 cm³/mol. The lowest BCUT2D eigenvalue weighted by molar-refractivity contribution is 0.241. The fourth-order valence-corrected chi connectivity index (χ4v) is 1.68. The van der Waals surface area contributed by atoms with E-state index in [1.54, 1.807) is 0 Å². The van der Waals surface area contributed by atoms with E-state index in [1.807, 2.05) is 47.9 Å². The van der Waals surface area contributed by atoms with Crippen LogP contribution < -0.4 is 16.6 Å². The summed E-state index contributed by atoms with van der Waals surface area (Å²) < 4.78 is 0. The van der Waals surface area contributed by atoms with Gasteiger partial charge in [-0.2, -0.15) is 0 Å². The molecule has 0 atom stereocenters. The summed E-state index contributed by atoms with van der Waals surface area (Å²) in [6, 6.07) is 17.8. The molecule has 18 heavy (non-hydrogen) atoms. The third kappa shape index (κ3) is 3.09. The number of urea groups is 1. The Hall–Kier alpha value is -2.33. The van der Waals surface area contributed by atoms with Crippen molar-refractivity contribution in [2.75, 3.05) is 0 Å². The van der Waals surface area contributed by atoms with E-state index < -0.39 is 0 Å². The first-order valence-electron chi connectivity index (χ1n) is 5.68. The molecule has 0 aliphatic rings. The molecule has 0 aromatic heterocycles. The summed E-state index contributed by atoms with van der Waals surface area (Å²) in [6.07, 6.45) is 0. The predicted octanol–water partition coefficient (Wildman–Crippen LogP) is 2.03. The lowest BCUT2D eigenvalue weighted by atomic mass is 10.0. The van der Waals surface area contributed by atoms with Gasteiger partial charge in [0.05, 0.1) is 0 Å². The Morgan fingerprint density at radius 3 is 2.17 bits per heavy atom. The number of hydrogen-bond donors (Lipinski definition) is 3. The topological polar surface area (TPSA) is 67.1 Å². The SMILES string of the molecule is NNC(=O)NCc1ccc(-c2ccccc2)cc1. The second-order valence-electron chi connectivity index (χ2n) is 3.89. The van der Waals surface area contributed by atoms with Gasteiger partial charge in [-0.05, 0) is 16.7 Å². The number of nitrogens with one attached hydrogen (secondary N) is 2. The second kappa shape index (κ2) is 5.84. The first kappa shape index (κ1) is 12.1. The molecule has 0 spiro atoms. The van der Waals surface area contributed by atoms with Gasteiger partial charge < -0.3 is 5.32 Å². The average molecular weight is 241 g/mol. The number of benzene rings is 2. The molecule has 4 N–H and O–H groups in total. The van der Waals surface area contributed by atoms with Crippen LogP contribution in [0.3, 0.4) is 0 Å². The zero-order valence-corrected chi connectivity index (χ0v) is 9.89. The van der Waals surface area contributed by atoms with Crippen molar-refractivity contribution in [1.82, 2.24) is 10.7 Å². The Morgan fingerprint density at radius 1 is 0.944 bits per heavy atom. The number of hydrazine groups is 1. The molecule has 0 aliphatic carbocycles. The first-order valence-corrected chi connectivity index (χ1v) is 5.68. The van der Waals surface area contributed by atoms with E-state index in [2.05, 4.69) is 17.4 Å². The molecule has 0 fully saturated rings. The highest BCUT2D eigenvalue weighted by molar-refractivity contribution is 5.73. The maximum Gasteiger partial charge on any atom is 0.329 e. The molecule has 4 nitrogen and oxygen atoms in total. The van der Waals surface area contributed by atoms with Gasteiger partial charge in [-0.25, -0.2) is 10.6 Å². The van der Waals surface area contributed by atoms with Crippen LogP contribution in [0.2, 0.25) is 0 Å². The molecule has 2 rings (SSSR count). The molecule has 0 radical (unpaired) electrons. The molecule has 2 aromatic carbocycles. The minimum absolute atomic E-state index is 0.387. The van der Waals surface area contributed by atoms with Crippen LogP contribution in [-0.2, 0) is 6.54 Å². The molecule has 0 unspecified atom stereocenters. The highest BCUT2D eigenvalue weighted by Crippen LogP contribution is 2.18. The first-order chi connectivity index (χ1) is 8.79. The van der Waals surface area contributed by atoms with Crippen LogP contribution in [0.15, 0.2) is 54.6 Å². The Kier molecular flexibility index (Phi) is 3.94. The quantitative estimate of drug-likeness (QED) is 0.437. The molecule has 92 valence electrons. The average Bonchev–Trinajstić information content (AvgIpc) is 2.46. The summed E-state index contributed by atoms with van der Waals surface area (Å²) in [4.78, 5) is 10.9. The van der Waals surface area contributed by atoms with Gasteiger partial charge in [-0.3, -0.25) is 5.43 Å².